The molecule has 1 heterocycles. The van der Waals surface area contributed by atoms with E-state index in [-0.39, 0.29) is 19.6 Å². The highest BCUT2D eigenvalue weighted by Gasteiger charge is 2.48. The Labute approximate surface area is 379 Å². The van der Waals surface area contributed by atoms with E-state index in [0.29, 0.717) is 13.0 Å². The second kappa shape index (κ2) is 41.3. The summed E-state index contributed by atoms with van der Waals surface area (Å²) in [5, 5.41) is 30.7. The molecule has 0 spiro atoms. The molecule has 0 radical (unpaired) electrons. The van der Waals surface area contributed by atoms with Gasteiger partial charge in [0, 0.05) is 13.0 Å². The molecule has 62 heavy (non-hydrogen) atoms. The second-order valence-electron chi connectivity index (χ2n) is 17.8. The number of esters is 1. The van der Waals surface area contributed by atoms with Crippen molar-refractivity contribution in [1.29, 1.82) is 0 Å². The van der Waals surface area contributed by atoms with E-state index < -0.39 is 59.8 Å². The number of ether oxygens (including phenoxy) is 4. The lowest BCUT2D eigenvalue weighted by Gasteiger charge is -2.41. The summed E-state index contributed by atoms with van der Waals surface area (Å²) >= 11 is 0. The van der Waals surface area contributed by atoms with Crippen LogP contribution in [0.3, 0.4) is 0 Å². The minimum Gasteiger partial charge on any atom is -0.457 e. The fourth-order valence-electron chi connectivity index (χ4n) is 8.02. The molecule has 0 bridgehead atoms. The first-order chi connectivity index (χ1) is 30.1. The topological polar surface area (TPSA) is 178 Å². The van der Waals surface area contributed by atoms with Crippen molar-refractivity contribution < 1.29 is 56.2 Å². The summed E-state index contributed by atoms with van der Waals surface area (Å²) in [5.41, 5.74) is 0. The fraction of sp³-hybridized carbons (Fsp3) is 0.939. The summed E-state index contributed by atoms with van der Waals surface area (Å²) in [6.45, 7) is 4.01. The Balaban J connectivity index is 2.28. The van der Waals surface area contributed by atoms with Gasteiger partial charge in [-0.2, -0.15) is 8.42 Å². The smallest absolute Gasteiger partial charge is 0.397 e. The Bertz CT molecular complexity index is 1140. The van der Waals surface area contributed by atoms with Crippen molar-refractivity contribution in [2.45, 2.75) is 269 Å². The van der Waals surface area contributed by atoms with Crippen molar-refractivity contribution in [3.05, 3.63) is 12.2 Å². The van der Waals surface area contributed by atoms with Crippen LogP contribution in [0.1, 0.15) is 232 Å². The van der Waals surface area contributed by atoms with Crippen LogP contribution in [0.5, 0.6) is 0 Å². The lowest BCUT2D eigenvalue weighted by Crippen LogP contribution is -2.60. The molecule has 0 aromatic heterocycles. The number of carbonyl (C=O) groups is 1. The van der Waals surface area contributed by atoms with Gasteiger partial charge < -0.3 is 34.3 Å². The molecule has 368 valence electrons. The van der Waals surface area contributed by atoms with Crippen molar-refractivity contribution in [2.75, 3.05) is 26.4 Å². The van der Waals surface area contributed by atoms with Gasteiger partial charge in [-0.15, -0.1) is 0 Å². The number of rotatable bonds is 45. The van der Waals surface area contributed by atoms with Gasteiger partial charge in [-0.25, -0.2) is 4.18 Å². The second-order valence-corrected chi connectivity index (χ2v) is 18.8. The van der Waals surface area contributed by atoms with Crippen molar-refractivity contribution in [3.8, 4) is 0 Å². The third-order valence-corrected chi connectivity index (χ3v) is 12.4. The predicted molar refractivity (Wildman–Crippen MR) is 248 cm³/mol. The maximum absolute atomic E-state index is 12.8. The Kier molecular flexibility index (Phi) is 39.2. The van der Waals surface area contributed by atoms with E-state index in [4.69, 9.17) is 23.5 Å². The van der Waals surface area contributed by atoms with Crippen LogP contribution in [0.25, 0.3) is 0 Å². The number of hydrogen-bond donors (Lipinski definition) is 4. The molecular weight excluding hydrogens is 813 g/mol. The van der Waals surface area contributed by atoms with E-state index in [9.17, 15) is 28.5 Å². The standard InChI is InChI=1S/C49H94O12S/c1-3-5-7-9-11-13-15-16-17-18-19-20-21-22-23-24-25-26-27-29-31-33-35-37-39-57-41-43(59-45(51)38-36-34-32-30-28-14-12-10-8-6-4-2)42-58-49-47(53)48(61-62(54,55)56)46(52)44(40-50)60-49/h18-19,43-44,46-50,52-53H,3-17,20-42H2,1-2H3,(H,54,55,56)/b19-18-. The zero-order chi connectivity index (χ0) is 45.4. The summed E-state index contributed by atoms with van der Waals surface area (Å²) in [5.74, 6) is -0.397. The molecule has 6 atom stereocenters. The van der Waals surface area contributed by atoms with Gasteiger partial charge >= 0.3 is 16.4 Å². The molecule has 0 aliphatic carbocycles. The molecular formula is C49H94O12S. The van der Waals surface area contributed by atoms with E-state index in [1.807, 2.05) is 0 Å². The summed E-state index contributed by atoms with van der Waals surface area (Å²) in [6, 6.07) is 0. The Morgan fingerprint density at radius 1 is 0.597 bits per heavy atom. The van der Waals surface area contributed by atoms with Crippen LogP contribution >= 0.6 is 0 Å². The first-order valence-electron chi connectivity index (χ1n) is 25.4. The average Bonchev–Trinajstić information content (AvgIpc) is 3.24. The van der Waals surface area contributed by atoms with Gasteiger partial charge in [-0.1, -0.05) is 199 Å². The molecule has 0 amide bonds. The van der Waals surface area contributed by atoms with Crippen LogP contribution in [-0.2, 0) is 38.3 Å². The minimum atomic E-state index is -5.06. The molecule has 1 fully saturated rings. The predicted octanol–water partition coefficient (Wildman–Crippen LogP) is 11.4. The Morgan fingerprint density at radius 3 is 1.45 bits per heavy atom. The van der Waals surface area contributed by atoms with Gasteiger partial charge in [0.1, 0.15) is 30.5 Å². The zero-order valence-corrected chi connectivity index (χ0v) is 40.3. The van der Waals surface area contributed by atoms with E-state index in [2.05, 4.69) is 30.2 Å². The highest BCUT2D eigenvalue weighted by atomic mass is 32.3. The monoisotopic (exact) mass is 907 g/mol. The van der Waals surface area contributed by atoms with E-state index in [0.717, 1.165) is 38.5 Å². The first-order valence-corrected chi connectivity index (χ1v) is 26.8. The largest absolute Gasteiger partial charge is 0.457 e. The van der Waals surface area contributed by atoms with Crippen molar-refractivity contribution >= 4 is 16.4 Å². The Morgan fingerprint density at radius 2 is 1.02 bits per heavy atom. The van der Waals surface area contributed by atoms with Crippen LogP contribution in [0.15, 0.2) is 12.2 Å². The number of allylic oxidation sites excluding steroid dienone is 2. The number of aliphatic hydroxyl groups is 3. The van der Waals surface area contributed by atoms with E-state index in [1.54, 1.807) is 0 Å². The molecule has 0 saturated carbocycles. The third kappa shape index (κ3) is 34.2. The van der Waals surface area contributed by atoms with Gasteiger partial charge in [-0.3, -0.25) is 9.35 Å². The van der Waals surface area contributed by atoms with E-state index >= 15 is 0 Å². The number of carbonyl (C=O) groups excluding carboxylic acids is 1. The lowest BCUT2D eigenvalue weighted by atomic mass is 9.99. The van der Waals surface area contributed by atoms with Gasteiger partial charge in [0.25, 0.3) is 0 Å². The van der Waals surface area contributed by atoms with Crippen LogP contribution < -0.4 is 0 Å². The quantitative estimate of drug-likeness (QED) is 0.0197. The average molecular weight is 907 g/mol. The molecule has 0 aromatic carbocycles. The molecule has 0 aromatic rings. The van der Waals surface area contributed by atoms with Crippen LogP contribution in [0.2, 0.25) is 0 Å². The molecule has 1 rings (SSSR count). The maximum Gasteiger partial charge on any atom is 0.397 e. The van der Waals surface area contributed by atoms with Gasteiger partial charge in [0.2, 0.25) is 0 Å². The first kappa shape index (κ1) is 58.9. The SMILES string of the molecule is CCCCCCCCCC/C=C\CCCCCCCCCCCCCCOCC(COC1OC(CO)C(O)C(OS(=O)(=O)O)C1O)OC(=O)CCCCCCCCCCCCC. The molecule has 1 aliphatic rings. The highest BCUT2D eigenvalue weighted by Crippen LogP contribution is 2.26. The van der Waals surface area contributed by atoms with Gasteiger partial charge in [-0.05, 0) is 38.5 Å². The summed E-state index contributed by atoms with van der Waals surface area (Å²) in [7, 11) is -5.06. The minimum absolute atomic E-state index is 0.0415. The number of aliphatic hydroxyl groups excluding tert-OH is 3. The normalized spacial score (nSPS) is 20.0. The van der Waals surface area contributed by atoms with Gasteiger partial charge in [0.15, 0.2) is 6.29 Å². The molecule has 6 unspecified atom stereocenters. The molecule has 13 heteroatoms. The van der Waals surface area contributed by atoms with Crippen molar-refractivity contribution in [3.63, 3.8) is 0 Å². The maximum atomic E-state index is 12.8. The van der Waals surface area contributed by atoms with E-state index in [1.165, 1.54) is 167 Å². The summed E-state index contributed by atoms with van der Waals surface area (Å²) in [4.78, 5) is 12.8. The Hall–Kier alpha value is -1.16. The lowest BCUT2D eigenvalue weighted by molar-refractivity contribution is -0.301. The zero-order valence-electron chi connectivity index (χ0n) is 39.5. The van der Waals surface area contributed by atoms with Crippen molar-refractivity contribution in [2.24, 2.45) is 0 Å². The highest BCUT2D eigenvalue weighted by molar-refractivity contribution is 7.80. The molecule has 1 aliphatic heterocycles. The molecule has 4 N–H and O–H groups in total. The number of hydrogen-bond acceptors (Lipinski definition) is 11. The van der Waals surface area contributed by atoms with Crippen LogP contribution in [0.4, 0.5) is 0 Å². The number of unbranched alkanes of at least 4 members (excludes halogenated alkanes) is 30. The summed E-state index contributed by atoms with van der Waals surface area (Å²) in [6.07, 6.45) is 36.9. The van der Waals surface area contributed by atoms with Crippen LogP contribution in [-0.4, -0.2) is 97.5 Å². The fourth-order valence-corrected chi connectivity index (χ4v) is 8.53. The van der Waals surface area contributed by atoms with Crippen LogP contribution in [0, 0.1) is 0 Å². The molecule has 1 saturated heterocycles. The summed E-state index contributed by atoms with van der Waals surface area (Å²) < 4.78 is 59.1. The van der Waals surface area contributed by atoms with Crippen molar-refractivity contribution in [1.82, 2.24) is 0 Å². The third-order valence-electron chi connectivity index (χ3n) is 11.9. The molecule has 12 nitrogen and oxygen atoms in total. The van der Waals surface area contributed by atoms with Gasteiger partial charge in [0.05, 0.1) is 19.8 Å².